The molecule has 0 aliphatic carbocycles. The van der Waals surface area contributed by atoms with Gasteiger partial charge in [0.2, 0.25) is 5.91 Å². The molecule has 2 aliphatic rings. The van der Waals surface area contributed by atoms with Gasteiger partial charge >= 0.3 is 0 Å². The van der Waals surface area contributed by atoms with Crippen LogP contribution in [0, 0.1) is 0 Å². The molecule has 2 unspecified atom stereocenters. The summed E-state index contributed by atoms with van der Waals surface area (Å²) in [5, 5.41) is 12.2. The van der Waals surface area contributed by atoms with Crippen molar-refractivity contribution in [2.45, 2.75) is 25.4 Å². The number of ether oxygens (including phenoxy) is 1. The van der Waals surface area contributed by atoms with E-state index >= 15 is 0 Å². The van der Waals surface area contributed by atoms with Gasteiger partial charge in [0.15, 0.2) is 12.1 Å². The quantitative estimate of drug-likeness (QED) is 0.694. The lowest BCUT2D eigenvalue weighted by atomic mass is 10.1. The van der Waals surface area contributed by atoms with E-state index in [2.05, 4.69) is 15.7 Å². The number of para-hydroxylation sites is 1. The van der Waals surface area contributed by atoms with Gasteiger partial charge in [0.05, 0.1) is 17.8 Å². The van der Waals surface area contributed by atoms with E-state index in [1.165, 1.54) is 18.2 Å². The van der Waals surface area contributed by atoms with Gasteiger partial charge in [0, 0.05) is 5.69 Å². The molecular weight excluding hydrogens is 422 g/mol. The van der Waals surface area contributed by atoms with Crippen molar-refractivity contribution in [2.24, 2.45) is 10.3 Å². The number of nitrogens with zero attached hydrogens (tertiary/aromatic N) is 4. The van der Waals surface area contributed by atoms with Gasteiger partial charge in [0.1, 0.15) is 12.3 Å². The first-order chi connectivity index (χ1) is 14.9. The van der Waals surface area contributed by atoms with Crippen molar-refractivity contribution in [3.63, 3.8) is 0 Å². The van der Waals surface area contributed by atoms with Crippen LogP contribution >= 0.6 is 11.6 Å². The van der Waals surface area contributed by atoms with Gasteiger partial charge in [-0.15, -0.1) is 0 Å². The Labute approximate surface area is 183 Å². The summed E-state index contributed by atoms with van der Waals surface area (Å²) in [5.74, 6) is -0.955. The number of hydrogen-bond donors (Lipinski definition) is 1. The molecule has 31 heavy (non-hydrogen) atoms. The first-order valence-corrected chi connectivity index (χ1v) is 10.1. The molecule has 2 aromatic rings. The molecule has 2 aromatic carbocycles. The highest BCUT2D eigenvalue weighted by molar-refractivity contribution is 6.33. The minimum absolute atomic E-state index is 0.209. The summed E-state index contributed by atoms with van der Waals surface area (Å²) in [4.78, 5) is 39.5. The Balaban J connectivity index is 1.50. The average molecular weight is 442 g/mol. The molecule has 0 saturated carbocycles. The fourth-order valence-corrected chi connectivity index (χ4v) is 3.94. The molecule has 0 spiro atoms. The number of aryl methyl sites for hydroxylation is 1. The maximum absolute atomic E-state index is 13.1. The van der Waals surface area contributed by atoms with Crippen molar-refractivity contribution in [3.05, 3.63) is 53.1 Å². The summed E-state index contributed by atoms with van der Waals surface area (Å²) in [6, 6.07) is 10.1. The summed E-state index contributed by atoms with van der Waals surface area (Å²) in [5.41, 5.74) is 2.00. The second-order valence-corrected chi connectivity index (χ2v) is 7.49. The number of methoxy groups -OCH3 is 1. The van der Waals surface area contributed by atoms with Crippen LogP contribution in [-0.2, 0) is 20.8 Å². The predicted molar refractivity (Wildman–Crippen MR) is 114 cm³/mol. The molecule has 2 aliphatic heterocycles. The lowest BCUT2D eigenvalue weighted by Gasteiger charge is -2.20. The molecule has 0 bridgehead atoms. The number of imide groups is 1. The third-order valence-electron chi connectivity index (χ3n) is 5.23. The van der Waals surface area contributed by atoms with Crippen LogP contribution in [0.15, 0.2) is 52.8 Å². The minimum atomic E-state index is -0.996. The Hall–Kier alpha value is -3.46. The number of nitrogens with one attached hydrogen (secondary N) is 1. The molecule has 0 aromatic heterocycles. The first-order valence-electron chi connectivity index (χ1n) is 9.71. The van der Waals surface area contributed by atoms with E-state index in [-0.39, 0.29) is 17.5 Å². The molecule has 10 heteroatoms. The maximum Gasteiger partial charge on any atom is 0.263 e. The second kappa shape index (κ2) is 8.35. The van der Waals surface area contributed by atoms with Gasteiger partial charge in [-0.1, -0.05) is 41.9 Å². The van der Waals surface area contributed by atoms with Crippen LogP contribution in [-0.4, -0.2) is 48.5 Å². The van der Waals surface area contributed by atoms with Crippen LogP contribution in [0.4, 0.5) is 11.4 Å². The number of carbonyl (C=O) groups excluding carboxylic acids is 3. The Bertz CT molecular complexity index is 1090. The van der Waals surface area contributed by atoms with Crippen molar-refractivity contribution in [1.82, 2.24) is 5.01 Å². The average Bonchev–Trinajstić information content (AvgIpc) is 3.27. The SMILES string of the molecule is CCc1ccccc1NC(=O)CN1N=NC2C(=O)N(c3ccc(OC)c(Cl)c3)C(=O)C21. The van der Waals surface area contributed by atoms with Crippen LogP contribution in [0.1, 0.15) is 12.5 Å². The van der Waals surface area contributed by atoms with Gasteiger partial charge in [-0.2, -0.15) is 5.11 Å². The number of anilines is 2. The molecule has 4 rings (SSSR count). The topological polar surface area (TPSA) is 104 Å². The van der Waals surface area contributed by atoms with E-state index in [0.29, 0.717) is 17.1 Å². The standard InChI is InChI=1S/C21H20ClN5O4/c1-3-12-6-4-5-7-15(12)23-17(28)11-26-19-18(24-25-26)20(29)27(21(19)30)13-8-9-16(31-2)14(22)10-13/h4-10,18-19H,3,11H2,1-2H3,(H,23,28). The summed E-state index contributed by atoms with van der Waals surface area (Å²) in [7, 11) is 1.47. The van der Waals surface area contributed by atoms with Gasteiger partial charge in [-0.25, -0.2) is 4.90 Å². The van der Waals surface area contributed by atoms with Crippen LogP contribution in [0.5, 0.6) is 5.75 Å². The number of rotatable bonds is 6. The summed E-state index contributed by atoms with van der Waals surface area (Å²) in [6.07, 6.45) is 0.761. The number of carbonyl (C=O) groups is 3. The number of amides is 3. The van der Waals surface area contributed by atoms with Crippen LogP contribution in [0.2, 0.25) is 5.02 Å². The number of fused-ring (bicyclic) bond motifs is 1. The zero-order valence-corrected chi connectivity index (χ0v) is 17.7. The molecule has 1 saturated heterocycles. The molecule has 0 radical (unpaired) electrons. The predicted octanol–water partition coefficient (Wildman–Crippen LogP) is 2.84. The molecule has 2 atom stereocenters. The highest BCUT2D eigenvalue weighted by atomic mass is 35.5. The molecule has 9 nitrogen and oxygen atoms in total. The number of hydrogen-bond acceptors (Lipinski definition) is 7. The highest BCUT2D eigenvalue weighted by Gasteiger charge is 2.55. The van der Waals surface area contributed by atoms with Crippen molar-refractivity contribution < 1.29 is 19.1 Å². The Morgan fingerprint density at radius 2 is 1.97 bits per heavy atom. The number of benzene rings is 2. The van der Waals surface area contributed by atoms with Gasteiger partial charge in [-0.3, -0.25) is 19.4 Å². The highest BCUT2D eigenvalue weighted by Crippen LogP contribution is 2.35. The third kappa shape index (κ3) is 3.72. The molecule has 2 heterocycles. The zero-order chi connectivity index (χ0) is 22.1. The lowest BCUT2D eigenvalue weighted by molar-refractivity contribution is -0.123. The van der Waals surface area contributed by atoms with Crippen LogP contribution in [0.25, 0.3) is 0 Å². The molecule has 160 valence electrons. The summed E-state index contributed by atoms with van der Waals surface area (Å²) < 4.78 is 5.11. The van der Waals surface area contributed by atoms with E-state index in [4.69, 9.17) is 16.3 Å². The lowest BCUT2D eigenvalue weighted by Crippen LogP contribution is -2.43. The van der Waals surface area contributed by atoms with Crippen molar-refractivity contribution >= 4 is 40.7 Å². The molecular formula is C21H20ClN5O4. The minimum Gasteiger partial charge on any atom is -0.495 e. The van der Waals surface area contributed by atoms with Crippen LogP contribution in [0.3, 0.4) is 0 Å². The Morgan fingerprint density at radius 3 is 2.68 bits per heavy atom. The molecule has 1 N–H and O–H groups in total. The second-order valence-electron chi connectivity index (χ2n) is 7.08. The van der Waals surface area contributed by atoms with E-state index < -0.39 is 23.9 Å². The smallest absolute Gasteiger partial charge is 0.263 e. The van der Waals surface area contributed by atoms with Crippen molar-refractivity contribution in [3.8, 4) is 5.75 Å². The molecule has 3 amide bonds. The van der Waals surface area contributed by atoms with E-state index in [9.17, 15) is 14.4 Å². The van der Waals surface area contributed by atoms with Crippen molar-refractivity contribution in [1.29, 1.82) is 0 Å². The Kier molecular flexibility index (Phi) is 5.60. The van der Waals surface area contributed by atoms with E-state index in [1.54, 1.807) is 12.1 Å². The summed E-state index contributed by atoms with van der Waals surface area (Å²) in [6.45, 7) is 1.78. The van der Waals surface area contributed by atoms with Gasteiger partial charge in [-0.05, 0) is 36.2 Å². The Morgan fingerprint density at radius 1 is 1.19 bits per heavy atom. The summed E-state index contributed by atoms with van der Waals surface area (Å²) >= 11 is 6.14. The van der Waals surface area contributed by atoms with Crippen molar-refractivity contribution in [2.75, 3.05) is 23.9 Å². The largest absolute Gasteiger partial charge is 0.495 e. The van der Waals surface area contributed by atoms with E-state index in [0.717, 1.165) is 16.9 Å². The fraction of sp³-hybridized carbons (Fsp3) is 0.286. The van der Waals surface area contributed by atoms with E-state index in [1.807, 2.05) is 31.2 Å². The normalized spacial score (nSPS) is 19.7. The maximum atomic E-state index is 13.1. The monoisotopic (exact) mass is 441 g/mol. The number of halogens is 1. The van der Waals surface area contributed by atoms with Gasteiger partial charge in [0.25, 0.3) is 11.8 Å². The van der Waals surface area contributed by atoms with Gasteiger partial charge < -0.3 is 10.1 Å². The first kappa shape index (κ1) is 20.8. The third-order valence-corrected chi connectivity index (χ3v) is 5.52. The van der Waals surface area contributed by atoms with Crippen LogP contribution < -0.4 is 15.0 Å². The zero-order valence-electron chi connectivity index (χ0n) is 16.9. The molecule has 1 fully saturated rings. The fourth-order valence-electron chi connectivity index (χ4n) is 3.69.